The Balaban J connectivity index is 1.69. The van der Waals surface area contributed by atoms with Gasteiger partial charge >= 0.3 is 6.09 Å². The molecule has 0 spiro atoms. The lowest BCUT2D eigenvalue weighted by molar-refractivity contribution is -0.133. The molecule has 0 heterocycles. The van der Waals surface area contributed by atoms with E-state index >= 15 is 0 Å². The quantitative estimate of drug-likeness (QED) is 0.613. The van der Waals surface area contributed by atoms with Crippen molar-refractivity contribution < 1.29 is 23.8 Å². The molecule has 0 aromatic heterocycles. The minimum atomic E-state index is -0.864. The van der Waals surface area contributed by atoms with E-state index in [-0.39, 0.29) is 24.9 Å². The third kappa shape index (κ3) is 5.75. The monoisotopic (exact) mass is 439 g/mol. The lowest BCUT2D eigenvalue weighted by Crippen LogP contribution is -2.51. The average molecular weight is 440 g/mol. The molecule has 2 aromatic rings. The second-order valence-corrected chi connectivity index (χ2v) is 8.99. The molecule has 32 heavy (non-hydrogen) atoms. The van der Waals surface area contributed by atoms with Crippen molar-refractivity contribution in [3.05, 3.63) is 59.7 Å². The minimum Gasteiger partial charge on any atom is -0.449 e. The summed E-state index contributed by atoms with van der Waals surface area (Å²) < 4.78 is 16.8. The van der Waals surface area contributed by atoms with Gasteiger partial charge in [-0.2, -0.15) is 0 Å². The first-order chi connectivity index (χ1) is 15.2. The number of carbonyl (C=O) groups excluding carboxylic acids is 2. The van der Waals surface area contributed by atoms with E-state index in [1.165, 1.54) is 0 Å². The van der Waals surface area contributed by atoms with E-state index in [9.17, 15) is 9.59 Å². The van der Waals surface area contributed by atoms with Gasteiger partial charge in [0.2, 0.25) is 0 Å². The summed E-state index contributed by atoms with van der Waals surface area (Å²) in [5, 5.41) is 2.70. The zero-order valence-electron chi connectivity index (χ0n) is 19.5. The summed E-state index contributed by atoms with van der Waals surface area (Å²) in [6, 6.07) is 15.4. The molecule has 1 aliphatic carbocycles. The third-order valence-electron chi connectivity index (χ3n) is 5.42. The summed E-state index contributed by atoms with van der Waals surface area (Å²) in [5.74, 6) is -0.300. The van der Waals surface area contributed by atoms with Gasteiger partial charge in [0, 0.05) is 12.5 Å². The van der Waals surface area contributed by atoms with Gasteiger partial charge in [-0.3, -0.25) is 4.79 Å². The van der Waals surface area contributed by atoms with Crippen LogP contribution < -0.4 is 5.32 Å². The highest BCUT2D eigenvalue weighted by atomic mass is 16.6. The molecule has 0 saturated heterocycles. The van der Waals surface area contributed by atoms with Gasteiger partial charge in [-0.15, -0.1) is 0 Å². The molecule has 1 amide bonds. The van der Waals surface area contributed by atoms with Gasteiger partial charge in [0.05, 0.1) is 11.7 Å². The largest absolute Gasteiger partial charge is 0.449 e. The second-order valence-electron chi connectivity index (χ2n) is 8.99. The number of fused-ring (bicyclic) bond motifs is 3. The molecule has 3 rings (SSSR count). The lowest BCUT2D eigenvalue weighted by atomic mass is 9.98. The Morgan fingerprint density at radius 3 is 2.09 bits per heavy atom. The van der Waals surface area contributed by atoms with Crippen LogP contribution in [0.1, 0.15) is 51.7 Å². The summed E-state index contributed by atoms with van der Waals surface area (Å²) in [5.41, 5.74) is 4.12. The van der Waals surface area contributed by atoms with Crippen molar-refractivity contribution in [2.24, 2.45) is 0 Å². The van der Waals surface area contributed by atoms with Gasteiger partial charge in [-0.05, 0) is 56.9 Å². The number of benzene rings is 2. The molecular formula is C26H33NO5. The Bertz CT molecular complexity index is 904. The number of nitrogens with one attached hydrogen (secondary N) is 1. The summed E-state index contributed by atoms with van der Waals surface area (Å²) >= 11 is 0. The molecule has 0 aliphatic heterocycles. The molecule has 0 bridgehead atoms. The first-order valence-corrected chi connectivity index (χ1v) is 11.1. The third-order valence-corrected chi connectivity index (χ3v) is 5.42. The van der Waals surface area contributed by atoms with E-state index in [2.05, 4.69) is 29.6 Å². The number of carbonyl (C=O) groups is 2. The standard InChI is InChI=1S/C26H33NO5/c1-6-30-16-23(28)24(17(2)32-26(3,4)5)27-25(29)31-15-22-20-13-9-7-11-18(20)19-12-8-10-14-21(19)22/h7-14,17,22,24H,6,15-16H2,1-5H3,(H,27,29)/t17-,24?/m1/s1. The zero-order valence-corrected chi connectivity index (χ0v) is 19.5. The first-order valence-electron chi connectivity index (χ1n) is 11.1. The van der Waals surface area contributed by atoms with Crippen LogP contribution >= 0.6 is 0 Å². The van der Waals surface area contributed by atoms with E-state index < -0.39 is 23.8 Å². The number of hydrogen-bond donors (Lipinski definition) is 1. The van der Waals surface area contributed by atoms with Crippen molar-refractivity contribution in [3.63, 3.8) is 0 Å². The summed E-state index contributed by atoms with van der Waals surface area (Å²) in [6.07, 6.45) is -1.19. The smallest absolute Gasteiger partial charge is 0.407 e. The van der Waals surface area contributed by atoms with Crippen molar-refractivity contribution in [2.75, 3.05) is 19.8 Å². The fourth-order valence-corrected chi connectivity index (χ4v) is 4.14. The first kappa shape index (κ1) is 24.0. The molecule has 0 fully saturated rings. The maximum atomic E-state index is 12.7. The minimum absolute atomic E-state index is 0.0472. The average Bonchev–Trinajstić information content (AvgIpc) is 3.07. The number of ketones is 1. The molecule has 2 aromatic carbocycles. The number of Topliss-reactive ketones (excluding diaryl/α,β-unsaturated/α-hetero) is 1. The molecule has 1 aliphatic rings. The molecule has 1 unspecified atom stereocenters. The van der Waals surface area contributed by atoms with Gasteiger partial charge in [0.25, 0.3) is 0 Å². The zero-order chi connectivity index (χ0) is 23.3. The van der Waals surface area contributed by atoms with Crippen LogP contribution in [-0.2, 0) is 19.0 Å². The van der Waals surface area contributed by atoms with Crippen molar-refractivity contribution >= 4 is 11.9 Å². The Hall–Kier alpha value is -2.70. The molecule has 0 saturated carbocycles. The number of ether oxygens (including phenoxy) is 3. The summed E-state index contributed by atoms with van der Waals surface area (Å²) in [6.45, 7) is 9.80. The maximum Gasteiger partial charge on any atom is 0.407 e. The van der Waals surface area contributed by atoms with Crippen molar-refractivity contribution in [3.8, 4) is 11.1 Å². The normalized spacial score (nSPS) is 14.9. The van der Waals surface area contributed by atoms with E-state index in [1.54, 1.807) is 6.92 Å². The van der Waals surface area contributed by atoms with E-state index in [1.807, 2.05) is 52.0 Å². The lowest BCUT2D eigenvalue weighted by Gasteiger charge is -2.30. The molecular weight excluding hydrogens is 406 g/mol. The highest BCUT2D eigenvalue weighted by Crippen LogP contribution is 2.44. The van der Waals surface area contributed by atoms with E-state index in [0.717, 1.165) is 22.3 Å². The van der Waals surface area contributed by atoms with Gasteiger partial charge in [0.1, 0.15) is 19.3 Å². The molecule has 0 radical (unpaired) electrons. The van der Waals surface area contributed by atoms with Crippen molar-refractivity contribution in [1.29, 1.82) is 0 Å². The second kappa shape index (κ2) is 10.3. The van der Waals surface area contributed by atoms with Crippen LogP contribution in [0, 0.1) is 0 Å². The van der Waals surface area contributed by atoms with Crippen molar-refractivity contribution in [2.45, 2.75) is 58.3 Å². The van der Waals surface area contributed by atoms with Crippen molar-refractivity contribution in [1.82, 2.24) is 5.32 Å². The van der Waals surface area contributed by atoms with Crippen LogP contribution in [0.4, 0.5) is 4.79 Å². The van der Waals surface area contributed by atoms with E-state index in [4.69, 9.17) is 14.2 Å². The molecule has 6 nitrogen and oxygen atoms in total. The molecule has 1 N–H and O–H groups in total. The number of amides is 1. The SMILES string of the molecule is CCOCC(=O)C(NC(=O)OCC1c2ccccc2-c2ccccc21)[C@@H](C)OC(C)(C)C. The Morgan fingerprint density at radius 1 is 1.00 bits per heavy atom. The Labute approximate surface area is 190 Å². The van der Waals surface area contributed by atoms with Gasteiger partial charge < -0.3 is 19.5 Å². The predicted octanol–water partition coefficient (Wildman–Crippen LogP) is 4.70. The van der Waals surface area contributed by atoms with Crippen LogP contribution in [0.2, 0.25) is 0 Å². The van der Waals surface area contributed by atoms with Gasteiger partial charge in [-0.25, -0.2) is 4.79 Å². The maximum absolute atomic E-state index is 12.7. The fraction of sp³-hybridized carbons (Fsp3) is 0.462. The highest BCUT2D eigenvalue weighted by Gasteiger charge is 2.32. The summed E-state index contributed by atoms with van der Waals surface area (Å²) in [4.78, 5) is 25.4. The number of alkyl carbamates (subject to hydrolysis) is 1. The van der Waals surface area contributed by atoms with Gasteiger partial charge in [-0.1, -0.05) is 48.5 Å². The predicted molar refractivity (Wildman–Crippen MR) is 124 cm³/mol. The fourth-order valence-electron chi connectivity index (χ4n) is 4.14. The molecule has 172 valence electrons. The van der Waals surface area contributed by atoms with Crippen LogP contribution in [-0.4, -0.2) is 49.4 Å². The Morgan fingerprint density at radius 2 is 1.56 bits per heavy atom. The van der Waals surface area contributed by atoms with Crippen LogP contribution in [0.15, 0.2) is 48.5 Å². The van der Waals surface area contributed by atoms with Crippen LogP contribution in [0.25, 0.3) is 11.1 Å². The van der Waals surface area contributed by atoms with Crippen LogP contribution in [0.3, 0.4) is 0 Å². The highest BCUT2D eigenvalue weighted by molar-refractivity contribution is 5.89. The Kier molecular flexibility index (Phi) is 7.69. The van der Waals surface area contributed by atoms with E-state index in [0.29, 0.717) is 6.61 Å². The summed E-state index contributed by atoms with van der Waals surface area (Å²) in [7, 11) is 0. The number of hydrogen-bond acceptors (Lipinski definition) is 5. The van der Waals surface area contributed by atoms with Crippen LogP contribution in [0.5, 0.6) is 0 Å². The molecule has 2 atom stereocenters. The van der Waals surface area contributed by atoms with Gasteiger partial charge in [0.15, 0.2) is 5.78 Å². The number of rotatable bonds is 9. The topological polar surface area (TPSA) is 73.9 Å². The molecule has 6 heteroatoms.